The zero-order valence-electron chi connectivity index (χ0n) is 13.6. The largest absolute Gasteiger partial charge is 0.573 e. The number of ether oxygens (including phenoxy) is 2. The summed E-state index contributed by atoms with van der Waals surface area (Å²) in [6.45, 7) is 2.06. The molecule has 0 fully saturated rings. The maximum Gasteiger partial charge on any atom is 0.573 e. The van der Waals surface area contributed by atoms with Crippen LogP contribution in [0.5, 0.6) is 11.5 Å². The van der Waals surface area contributed by atoms with Gasteiger partial charge in [-0.25, -0.2) is 0 Å². The molecule has 0 atom stereocenters. The number of H-pyrrole nitrogens is 1. The SMILES string of the molecule is Cc1ccc(-n2c(COc3ccc(OC(F)(F)F)cc3)n[nH]c2=S)cc1. The molecule has 5 nitrogen and oxygen atoms in total. The smallest absolute Gasteiger partial charge is 0.486 e. The summed E-state index contributed by atoms with van der Waals surface area (Å²) in [7, 11) is 0. The van der Waals surface area contributed by atoms with Crippen molar-refractivity contribution in [3.63, 3.8) is 0 Å². The average Bonchev–Trinajstić information content (AvgIpc) is 2.94. The molecule has 2 aromatic carbocycles. The van der Waals surface area contributed by atoms with Crippen LogP contribution in [0.1, 0.15) is 11.4 Å². The summed E-state index contributed by atoms with van der Waals surface area (Å²) < 4.78 is 48.1. The Morgan fingerprint density at radius 2 is 1.65 bits per heavy atom. The molecule has 0 radical (unpaired) electrons. The number of hydrogen-bond donors (Lipinski definition) is 1. The molecular weight excluding hydrogens is 367 g/mol. The molecule has 0 unspecified atom stereocenters. The summed E-state index contributed by atoms with van der Waals surface area (Å²) in [6, 6.07) is 12.9. The quantitative estimate of drug-likeness (QED) is 0.650. The Bertz CT molecular complexity index is 932. The second-order valence-corrected chi connectivity index (χ2v) is 5.81. The Labute approximate surface area is 152 Å². The van der Waals surface area contributed by atoms with Crippen LogP contribution < -0.4 is 9.47 Å². The van der Waals surface area contributed by atoms with Crippen molar-refractivity contribution in [3.05, 3.63) is 64.7 Å². The Hall–Kier alpha value is -2.81. The third-order valence-electron chi connectivity index (χ3n) is 3.46. The van der Waals surface area contributed by atoms with Gasteiger partial charge in [0.2, 0.25) is 0 Å². The van der Waals surface area contributed by atoms with Crippen LogP contribution in [0.4, 0.5) is 13.2 Å². The third kappa shape index (κ3) is 4.42. The fraction of sp³-hybridized carbons (Fsp3) is 0.176. The standard InChI is InChI=1S/C17H14F3N3O2S/c1-11-2-4-12(5-3-11)23-15(21-22-16(23)26)10-24-13-6-8-14(9-7-13)25-17(18,19)20/h2-9H,10H2,1H3,(H,22,26). The lowest BCUT2D eigenvalue weighted by molar-refractivity contribution is -0.274. The highest BCUT2D eigenvalue weighted by Crippen LogP contribution is 2.25. The molecule has 3 rings (SSSR count). The van der Waals surface area contributed by atoms with E-state index in [2.05, 4.69) is 14.9 Å². The van der Waals surface area contributed by atoms with Gasteiger partial charge in [0, 0.05) is 5.69 Å². The van der Waals surface area contributed by atoms with Crippen molar-refractivity contribution < 1.29 is 22.6 Å². The highest BCUT2D eigenvalue weighted by atomic mass is 32.1. The minimum absolute atomic E-state index is 0.0838. The van der Waals surface area contributed by atoms with E-state index in [4.69, 9.17) is 17.0 Å². The summed E-state index contributed by atoms with van der Waals surface area (Å²) in [5.74, 6) is 0.602. The van der Waals surface area contributed by atoms with E-state index in [9.17, 15) is 13.2 Å². The normalized spacial score (nSPS) is 11.4. The Kier molecular flexibility index (Phi) is 4.99. The van der Waals surface area contributed by atoms with E-state index in [1.807, 2.05) is 31.2 Å². The number of benzene rings is 2. The van der Waals surface area contributed by atoms with Crippen LogP contribution in [0.3, 0.4) is 0 Å². The van der Waals surface area contributed by atoms with Crippen molar-refractivity contribution in [1.29, 1.82) is 0 Å². The molecule has 1 N–H and O–H groups in total. The van der Waals surface area contributed by atoms with E-state index >= 15 is 0 Å². The molecule has 0 aliphatic heterocycles. The van der Waals surface area contributed by atoms with Gasteiger partial charge in [0.05, 0.1) is 0 Å². The van der Waals surface area contributed by atoms with Gasteiger partial charge in [0.15, 0.2) is 10.6 Å². The number of halogens is 3. The first-order valence-corrected chi connectivity index (χ1v) is 7.94. The fourth-order valence-electron chi connectivity index (χ4n) is 2.27. The number of alkyl halides is 3. The lowest BCUT2D eigenvalue weighted by Gasteiger charge is -2.11. The minimum atomic E-state index is -4.73. The zero-order valence-corrected chi connectivity index (χ0v) is 14.4. The van der Waals surface area contributed by atoms with Crippen molar-refractivity contribution in [2.75, 3.05) is 0 Å². The van der Waals surface area contributed by atoms with E-state index in [1.165, 1.54) is 24.3 Å². The number of nitrogens with one attached hydrogen (secondary N) is 1. The fourth-order valence-corrected chi connectivity index (χ4v) is 2.53. The maximum absolute atomic E-state index is 12.2. The van der Waals surface area contributed by atoms with Gasteiger partial charge in [-0.1, -0.05) is 17.7 Å². The average molecular weight is 381 g/mol. The van der Waals surface area contributed by atoms with Gasteiger partial charge in [-0.3, -0.25) is 9.67 Å². The van der Waals surface area contributed by atoms with Crippen LogP contribution in [0.25, 0.3) is 5.69 Å². The molecule has 3 aromatic rings. The first-order valence-electron chi connectivity index (χ1n) is 7.54. The topological polar surface area (TPSA) is 52.1 Å². The molecule has 136 valence electrons. The van der Waals surface area contributed by atoms with Crippen LogP contribution in [0, 0.1) is 11.7 Å². The molecule has 0 bridgehead atoms. The number of aromatic amines is 1. The van der Waals surface area contributed by atoms with Gasteiger partial charge in [0.1, 0.15) is 18.1 Å². The summed E-state index contributed by atoms with van der Waals surface area (Å²) in [4.78, 5) is 0. The van der Waals surface area contributed by atoms with Crippen molar-refractivity contribution in [2.45, 2.75) is 19.9 Å². The lowest BCUT2D eigenvalue weighted by atomic mass is 10.2. The van der Waals surface area contributed by atoms with Crippen molar-refractivity contribution in [2.24, 2.45) is 0 Å². The second kappa shape index (κ2) is 7.20. The molecule has 9 heteroatoms. The van der Waals surface area contributed by atoms with Gasteiger partial charge in [-0.05, 0) is 55.5 Å². The molecule has 0 spiro atoms. The third-order valence-corrected chi connectivity index (χ3v) is 3.73. The van der Waals surface area contributed by atoms with Gasteiger partial charge in [0.25, 0.3) is 0 Å². The summed E-state index contributed by atoms with van der Waals surface area (Å²) in [6.07, 6.45) is -4.73. The lowest BCUT2D eigenvalue weighted by Crippen LogP contribution is -2.16. The van der Waals surface area contributed by atoms with Crippen LogP contribution >= 0.6 is 12.2 Å². The predicted octanol–water partition coefficient (Wildman–Crippen LogP) is 4.72. The van der Waals surface area contributed by atoms with Crippen LogP contribution in [0.15, 0.2) is 48.5 Å². The molecule has 0 saturated carbocycles. The molecule has 1 aromatic heterocycles. The summed E-state index contributed by atoms with van der Waals surface area (Å²) in [5.41, 5.74) is 1.95. The van der Waals surface area contributed by atoms with E-state index in [0.29, 0.717) is 16.3 Å². The monoisotopic (exact) mass is 381 g/mol. The minimum Gasteiger partial charge on any atom is -0.486 e. The zero-order chi connectivity index (χ0) is 18.7. The molecular formula is C17H14F3N3O2S. The van der Waals surface area contributed by atoms with Crippen LogP contribution in [0.2, 0.25) is 0 Å². The summed E-state index contributed by atoms with van der Waals surface area (Å²) >= 11 is 5.25. The van der Waals surface area contributed by atoms with Gasteiger partial charge in [-0.2, -0.15) is 5.10 Å². The van der Waals surface area contributed by atoms with Crippen molar-refractivity contribution in [3.8, 4) is 17.2 Å². The van der Waals surface area contributed by atoms with Crippen LogP contribution in [-0.4, -0.2) is 21.1 Å². The molecule has 1 heterocycles. The number of hydrogen-bond acceptors (Lipinski definition) is 4. The summed E-state index contributed by atoms with van der Waals surface area (Å²) in [5, 5.41) is 6.86. The highest BCUT2D eigenvalue weighted by molar-refractivity contribution is 7.71. The Morgan fingerprint density at radius 3 is 2.27 bits per heavy atom. The number of rotatable bonds is 5. The Balaban J connectivity index is 1.73. The van der Waals surface area contributed by atoms with Crippen molar-refractivity contribution >= 4 is 12.2 Å². The van der Waals surface area contributed by atoms with Gasteiger partial charge < -0.3 is 9.47 Å². The molecule has 0 amide bonds. The number of nitrogens with zero attached hydrogens (tertiary/aromatic N) is 2. The maximum atomic E-state index is 12.2. The van der Waals surface area contributed by atoms with Crippen molar-refractivity contribution in [1.82, 2.24) is 14.8 Å². The number of aryl methyl sites for hydroxylation is 1. The highest BCUT2D eigenvalue weighted by Gasteiger charge is 2.30. The van der Waals surface area contributed by atoms with E-state index < -0.39 is 6.36 Å². The van der Waals surface area contributed by atoms with Gasteiger partial charge in [-0.15, -0.1) is 13.2 Å². The predicted molar refractivity (Wildman–Crippen MR) is 90.9 cm³/mol. The second-order valence-electron chi connectivity index (χ2n) is 5.42. The molecule has 0 saturated heterocycles. The van der Waals surface area contributed by atoms with Gasteiger partial charge >= 0.3 is 6.36 Å². The van der Waals surface area contributed by atoms with Crippen LogP contribution in [-0.2, 0) is 6.61 Å². The Morgan fingerprint density at radius 1 is 1.04 bits per heavy atom. The number of aromatic nitrogens is 3. The van der Waals surface area contributed by atoms with E-state index in [0.717, 1.165) is 11.3 Å². The first-order chi connectivity index (χ1) is 12.3. The molecule has 0 aliphatic carbocycles. The molecule has 26 heavy (non-hydrogen) atoms. The van der Waals surface area contributed by atoms with E-state index in [1.54, 1.807) is 4.57 Å². The first kappa shape index (κ1) is 18.0. The van der Waals surface area contributed by atoms with E-state index in [-0.39, 0.29) is 12.4 Å². The molecule has 0 aliphatic rings.